The van der Waals surface area contributed by atoms with E-state index in [1.165, 1.54) is 13.2 Å². The SMILES string of the molecule is COc1ccc2c(c1O)C(=O)C[C@@H](C(=O)O)C2. The molecule has 1 aliphatic rings. The summed E-state index contributed by atoms with van der Waals surface area (Å²) in [7, 11) is 1.40. The first kappa shape index (κ1) is 11.4. The first-order valence-corrected chi connectivity index (χ1v) is 5.19. The maximum atomic E-state index is 11.8. The van der Waals surface area contributed by atoms with Crippen LogP contribution in [0.15, 0.2) is 12.1 Å². The number of benzene rings is 1. The fourth-order valence-electron chi connectivity index (χ4n) is 2.10. The summed E-state index contributed by atoms with van der Waals surface area (Å²) in [6, 6.07) is 3.16. The molecule has 0 radical (unpaired) electrons. The molecular formula is C12H12O5. The molecule has 5 heteroatoms. The zero-order valence-corrected chi connectivity index (χ0v) is 9.27. The van der Waals surface area contributed by atoms with Gasteiger partial charge >= 0.3 is 5.97 Å². The molecule has 2 rings (SSSR count). The first-order valence-electron chi connectivity index (χ1n) is 5.19. The quantitative estimate of drug-likeness (QED) is 0.806. The van der Waals surface area contributed by atoms with Gasteiger partial charge in [-0.25, -0.2) is 0 Å². The van der Waals surface area contributed by atoms with Crippen molar-refractivity contribution >= 4 is 11.8 Å². The Kier molecular flexibility index (Phi) is 2.75. The molecule has 1 aromatic rings. The normalized spacial score (nSPS) is 18.6. The number of ether oxygens (including phenoxy) is 1. The monoisotopic (exact) mass is 236 g/mol. The number of Topliss-reactive ketones (excluding diaryl/α,β-unsaturated/α-hetero) is 1. The Morgan fingerprint density at radius 3 is 2.71 bits per heavy atom. The number of aliphatic carboxylic acids is 1. The molecule has 0 saturated carbocycles. The third-order valence-electron chi connectivity index (χ3n) is 2.97. The Hall–Kier alpha value is -2.04. The molecule has 0 aromatic heterocycles. The first-order chi connectivity index (χ1) is 8.04. The third-order valence-corrected chi connectivity index (χ3v) is 2.97. The number of hydrogen-bond acceptors (Lipinski definition) is 4. The second-order valence-corrected chi connectivity index (χ2v) is 4.02. The van der Waals surface area contributed by atoms with Crippen LogP contribution in [0.4, 0.5) is 0 Å². The molecule has 0 aliphatic heterocycles. The summed E-state index contributed by atoms with van der Waals surface area (Å²) < 4.78 is 4.92. The molecule has 0 saturated heterocycles. The van der Waals surface area contributed by atoms with E-state index in [1.54, 1.807) is 6.07 Å². The highest BCUT2D eigenvalue weighted by Gasteiger charge is 2.32. The number of carboxylic acid groups (broad SMARTS) is 1. The molecule has 17 heavy (non-hydrogen) atoms. The van der Waals surface area contributed by atoms with Crippen molar-refractivity contribution in [2.75, 3.05) is 7.11 Å². The van der Waals surface area contributed by atoms with Gasteiger partial charge in [-0.1, -0.05) is 6.07 Å². The van der Waals surface area contributed by atoms with E-state index >= 15 is 0 Å². The van der Waals surface area contributed by atoms with Crippen molar-refractivity contribution in [1.29, 1.82) is 0 Å². The van der Waals surface area contributed by atoms with Crippen LogP contribution in [0.5, 0.6) is 11.5 Å². The predicted octanol–water partition coefficient (Wildman–Crippen LogP) is 1.23. The van der Waals surface area contributed by atoms with Crippen LogP contribution in [0.1, 0.15) is 22.3 Å². The number of phenolic OH excluding ortho intramolecular Hbond substituents is 1. The van der Waals surface area contributed by atoms with Gasteiger partial charge in [-0.05, 0) is 18.1 Å². The van der Waals surface area contributed by atoms with Crippen molar-refractivity contribution < 1.29 is 24.5 Å². The van der Waals surface area contributed by atoms with Gasteiger partial charge in [0.15, 0.2) is 17.3 Å². The lowest BCUT2D eigenvalue weighted by atomic mass is 9.82. The van der Waals surface area contributed by atoms with Crippen molar-refractivity contribution in [1.82, 2.24) is 0 Å². The van der Waals surface area contributed by atoms with Crippen LogP contribution >= 0.6 is 0 Å². The van der Waals surface area contributed by atoms with Crippen LogP contribution in [0.3, 0.4) is 0 Å². The number of ketones is 1. The van der Waals surface area contributed by atoms with Gasteiger partial charge in [0.25, 0.3) is 0 Å². The zero-order chi connectivity index (χ0) is 12.6. The van der Waals surface area contributed by atoms with Gasteiger partial charge < -0.3 is 14.9 Å². The lowest BCUT2D eigenvalue weighted by Gasteiger charge is -2.22. The van der Waals surface area contributed by atoms with E-state index in [0.29, 0.717) is 5.56 Å². The number of carboxylic acids is 1. The van der Waals surface area contributed by atoms with Crippen LogP contribution in [-0.4, -0.2) is 29.1 Å². The maximum Gasteiger partial charge on any atom is 0.307 e. The van der Waals surface area contributed by atoms with Gasteiger partial charge in [0.2, 0.25) is 0 Å². The lowest BCUT2D eigenvalue weighted by molar-refractivity contribution is -0.141. The Morgan fingerprint density at radius 2 is 2.12 bits per heavy atom. The summed E-state index contributed by atoms with van der Waals surface area (Å²) in [6.07, 6.45) is 0.178. The fourth-order valence-corrected chi connectivity index (χ4v) is 2.10. The molecule has 1 aromatic carbocycles. The van der Waals surface area contributed by atoms with E-state index < -0.39 is 11.9 Å². The average molecular weight is 236 g/mol. The van der Waals surface area contributed by atoms with Gasteiger partial charge in [0.05, 0.1) is 18.6 Å². The minimum Gasteiger partial charge on any atom is -0.504 e. The summed E-state index contributed by atoms with van der Waals surface area (Å²) in [5, 5.41) is 18.7. The Morgan fingerprint density at radius 1 is 1.41 bits per heavy atom. The zero-order valence-electron chi connectivity index (χ0n) is 9.27. The van der Waals surface area contributed by atoms with Crippen LogP contribution in [0.2, 0.25) is 0 Å². The number of rotatable bonds is 2. The van der Waals surface area contributed by atoms with E-state index in [0.717, 1.165) is 0 Å². The van der Waals surface area contributed by atoms with Crippen molar-refractivity contribution in [3.63, 3.8) is 0 Å². The minimum absolute atomic E-state index is 0.0803. The maximum absolute atomic E-state index is 11.8. The highest BCUT2D eigenvalue weighted by atomic mass is 16.5. The van der Waals surface area contributed by atoms with Crippen molar-refractivity contribution in [2.45, 2.75) is 12.8 Å². The van der Waals surface area contributed by atoms with Crippen LogP contribution in [-0.2, 0) is 11.2 Å². The molecule has 0 spiro atoms. The number of carbonyl (C=O) groups excluding carboxylic acids is 1. The highest BCUT2D eigenvalue weighted by molar-refractivity contribution is 6.03. The third kappa shape index (κ3) is 1.84. The molecule has 0 heterocycles. The van der Waals surface area contributed by atoms with Crippen LogP contribution in [0, 0.1) is 5.92 Å². The second kappa shape index (κ2) is 4.08. The topological polar surface area (TPSA) is 83.8 Å². The van der Waals surface area contributed by atoms with Crippen molar-refractivity contribution in [3.05, 3.63) is 23.3 Å². The second-order valence-electron chi connectivity index (χ2n) is 4.02. The number of phenols is 1. The number of hydrogen-bond donors (Lipinski definition) is 2. The molecule has 0 unspecified atom stereocenters. The average Bonchev–Trinajstić information content (AvgIpc) is 2.28. The Labute approximate surface area is 97.6 Å². The molecule has 5 nitrogen and oxygen atoms in total. The Balaban J connectivity index is 2.48. The Bertz CT molecular complexity index is 492. The van der Waals surface area contributed by atoms with E-state index in [9.17, 15) is 14.7 Å². The van der Waals surface area contributed by atoms with Gasteiger partial charge in [-0.2, -0.15) is 0 Å². The summed E-state index contributed by atoms with van der Waals surface area (Å²) in [5.41, 5.74) is 0.758. The minimum atomic E-state index is -0.987. The molecule has 90 valence electrons. The van der Waals surface area contributed by atoms with Gasteiger partial charge in [0, 0.05) is 6.42 Å². The largest absolute Gasteiger partial charge is 0.504 e. The molecule has 0 amide bonds. The molecule has 0 bridgehead atoms. The van der Waals surface area contributed by atoms with E-state index in [2.05, 4.69) is 0 Å². The summed E-state index contributed by atoms with van der Waals surface area (Å²) in [4.78, 5) is 22.7. The van der Waals surface area contributed by atoms with E-state index in [4.69, 9.17) is 9.84 Å². The molecule has 2 N–H and O–H groups in total. The van der Waals surface area contributed by atoms with E-state index in [1.807, 2.05) is 0 Å². The summed E-state index contributed by atoms with van der Waals surface area (Å²) in [5.74, 6) is -2.01. The summed E-state index contributed by atoms with van der Waals surface area (Å²) >= 11 is 0. The smallest absolute Gasteiger partial charge is 0.307 e. The lowest BCUT2D eigenvalue weighted by Crippen LogP contribution is -2.26. The van der Waals surface area contributed by atoms with Gasteiger partial charge in [0.1, 0.15) is 0 Å². The predicted molar refractivity (Wildman–Crippen MR) is 58.4 cm³/mol. The van der Waals surface area contributed by atoms with Crippen molar-refractivity contribution in [2.24, 2.45) is 5.92 Å². The molecule has 1 aliphatic carbocycles. The molecular weight excluding hydrogens is 224 g/mol. The number of methoxy groups -OCH3 is 1. The fraction of sp³-hybridized carbons (Fsp3) is 0.333. The van der Waals surface area contributed by atoms with Crippen LogP contribution < -0.4 is 4.74 Å². The molecule has 0 fully saturated rings. The highest BCUT2D eigenvalue weighted by Crippen LogP contribution is 2.37. The standard InChI is InChI=1S/C12H12O5/c1-17-9-3-2-6-4-7(12(15)16)5-8(13)10(6)11(9)14/h2-3,7,14H,4-5H2,1H3,(H,15,16)/t7-/m0/s1. The van der Waals surface area contributed by atoms with E-state index in [-0.39, 0.29) is 35.7 Å². The van der Waals surface area contributed by atoms with Gasteiger partial charge in [-0.15, -0.1) is 0 Å². The van der Waals surface area contributed by atoms with Crippen LogP contribution in [0.25, 0.3) is 0 Å². The number of fused-ring (bicyclic) bond motifs is 1. The number of aromatic hydroxyl groups is 1. The summed E-state index contributed by atoms with van der Waals surface area (Å²) in [6.45, 7) is 0. The van der Waals surface area contributed by atoms with Gasteiger partial charge in [-0.3, -0.25) is 9.59 Å². The number of carbonyl (C=O) groups is 2. The van der Waals surface area contributed by atoms with Crippen molar-refractivity contribution in [3.8, 4) is 11.5 Å². The molecule has 1 atom stereocenters.